The van der Waals surface area contributed by atoms with Crippen LogP contribution in [0.1, 0.15) is 10.4 Å². The Morgan fingerprint density at radius 3 is 2.76 bits per heavy atom. The van der Waals surface area contributed by atoms with Crippen molar-refractivity contribution in [3.05, 3.63) is 59.8 Å². The summed E-state index contributed by atoms with van der Waals surface area (Å²) in [6.07, 6.45) is 3.31. The van der Waals surface area contributed by atoms with Gasteiger partial charge in [0.25, 0.3) is 0 Å². The molecule has 2 heterocycles. The zero-order valence-electron chi connectivity index (χ0n) is 14.2. The summed E-state index contributed by atoms with van der Waals surface area (Å²) in [7, 11) is 0. The van der Waals surface area contributed by atoms with Gasteiger partial charge in [-0.1, -0.05) is 36.0 Å². The van der Waals surface area contributed by atoms with Crippen molar-refractivity contribution in [1.29, 1.82) is 0 Å². The number of carbonyl (C=O) groups is 1. The number of aryl methyl sites for hydroxylation is 2. The van der Waals surface area contributed by atoms with E-state index in [0.717, 1.165) is 20.9 Å². The number of carbonyl (C=O) groups excluding carboxylic acids is 1. The Morgan fingerprint density at radius 2 is 2.04 bits per heavy atom. The molecule has 0 aliphatic rings. The fourth-order valence-corrected chi connectivity index (χ4v) is 4.55. The van der Waals surface area contributed by atoms with Gasteiger partial charge in [0.1, 0.15) is 16.2 Å². The molecule has 3 aromatic rings. The van der Waals surface area contributed by atoms with Gasteiger partial charge in [-0.05, 0) is 31.5 Å². The van der Waals surface area contributed by atoms with Crippen LogP contribution in [0.25, 0.3) is 10.2 Å². The smallest absolute Gasteiger partial charge is 0.237 e. The van der Waals surface area contributed by atoms with Crippen LogP contribution >= 0.6 is 23.1 Å². The van der Waals surface area contributed by atoms with Gasteiger partial charge in [0.05, 0.1) is 5.75 Å². The van der Waals surface area contributed by atoms with Gasteiger partial charge in [0.2, 0.25) is 5.91 Å². The Bertz CT molecular complexity index is 906. The molecule has 4 nitrogen and oxygen atoms in total. The fraction of sp³-hybridized carbons (Fsp3) is 0.211. The van der Waals surface area contributed by atoms with Gasteiger partial charge in [-0.15, -0.1) is 17.9 Å². The third-order valence-corrected chi connectivity index (χ3v) is 6.03. The summed E-state index contributed by atoms with van der Waals surface area (Å²) in [6.45, 7) is 8.41. The Labute approximate surface area is 155 Å². The standard InChI is InChI=1S/C19H19N3OS2/c1-4-10-22(15-8-6-5-7-9-15)16(23)11-24-18-17-13(2)14(3)25-19(17)21-12-20-18/h4-9,12H,1,10-11H2,2-3H3. The van der Waals surface area contributed by atoms with Crippen LogP contribution in [-0.2, 0) is 4.79 Å². The lowest BCUT2D eigenvalue weighted by atomic mass is 10.2. The van der Waals surface area contributed by atoms with Crippen LogP contribution in [0.5, 0.6) is 0 Å². The molecule has 1 aromatic carbocycles. The summed E-state index contributed by atoms with van der Waals surface area (Å²) < 4.78 is 0. The summed E-state index contributed by atoms with van der Waals surface area (Å²) in [5.74, 6) is 0.357. The molecule has 0 aliphatic carbocycles. The van der Waals surface area contributed by atoms with Crippen LogP contribution in [-0.4, -0.2) is 28.2 Å². The molecule has 0 spiro atoms. The van der Waals surface area contributed by atoms with E-state index < -0.39 is 0 Å². The normalized spacial score (nSPS) is 10.8. The first-order chi connectivity index (χ1) is 12.1. The molecule has 0 bridgehead atoms. The molecule has 0 fully saturated rings. The molecule has 2 aromatic heterocycles. The zero-order chi connectivity index (χ0) is 17.8. The maximum Gasteiger partial charge on any atom is 0.237 e. The van der Waals surface area contributed by atoms with E-state index in [9.17, 15) is 4.79 Å². The molecule has 25 heavy (non-hydrogen) atoms. The lowest BCUT2D eigenvalue weighted by Gasteiger charge is -2.21. The van der Waals surface area contributed by atoms with Crippen LogP contribution in [0, 0.1) is 13.8 Å². The molecule has 0 N–H and O–H groups in total. The van der Waals surface area contributed by atoms with Gasteiger partial charge in [-0.25, -0.2) is 9.97 Å². The van der Waals surface area contributed by atoms with Crippen LogP contribution < -0.4 is 4.90 Å². The Kier molecular flexibility index (Phi) is 5.50. The minimum Gasteiger partial charge on any atom is -0.308 e. The van der Waals surface area contributed by atoms with Gasteiger partial charge in [-0.3, -0.25) is 4.79 Å². The molecule has 1 amide bonds. The van der Waals surface area contributed by atoms with Crippen molar-refractivity contribution < 1.29 is 4.79 Å². The number of nitrogens with zero attached hydrogens (tertiary/aromatic N) is 3. The largest absolute Gasteiger partial charge is 0.308 e. The minimum absolute atomic E-state index is 0.0347. The number of amides is 1. The molecular formula is C19H19N3OS2. The van der Waals surface area contributed by atoms with E-state index in [-0.39, 0.29) is 5.91 Å². The second-order valence-electron chi connectivity index (χ2n) is 5.56. The predicted octanol–water partition coefficient (Wildman–Crippen LogP) is 4.62. The monoisotopic (exact) mass is 369 g/mol. The fourth-order valence-electron chi connectivity index (χ4n) is 2.56. The maximum atomic E-state index is 12.7. The molecule has 6 heteroatoms. The second kappa shape index (κ2) is 7.80. The van der Waals surface area contributed by atoms with Crippen molar-refractivity contribution in [3.63, 3.8) is 0 Å². The van der Waals surface area contributed by atoms with Gasteiger partial charge >= 0.3 is 0 Å². The van der Waals surface area contributed by atoms with E-state index in [1.165, 1.54) is 22.2 Å². The molecule has 0 radical (unpaired) electrons. The van der Waals surface area contributed by atoms with E-state index >= 15 is 0 Å². The first kappa shape index (κ1) is 17.6. The summed E-state index contributed by atoms with van der Waals surface area (Å²) in [6, 6.07) is 9.66. The van der Waals surface area contributed by atoms with E-state index in [1.807, 2.05) is 30.3 Å². The number of benzene rings is 1. The number of thioether (sulfide) groups is 1. The minimum atomic E-state index is 0.0347. The van der Waals surface area contributed by atoms with Gasteiger partial charge in [0, 0.05) is 22.5 Å². The van der Waals surface area contributed by atoms with Gasteiger partial charge < -0.3 is 4.90 Å². The van der Waals surface area contributed by atoms with Crippen molar-refractivity contribution in [2.75, 3.05) is 17.2 Å². The average molecular weight is 370 g/mol. The highest BCUT2D eigenvalue weighted by molar-refractivity contribution is 8.00. The van der Waals surface area contributed by atoms with Gasteiger partial charge in [0.15, 0.2) is 0 Å². The van der Waals surface area contributed by atoms with E-state index in [4.69, 9.17) is 0 Å². The van der Waals surface area contributed by atoms with Crippen molar-refractivity contribution in [1.82, 2.24) is 9.97 Å². The third kappa shape index (κ3) is 3.75. The predicted molar refractivity (Wildman–Crippen MR) is 107 cm³/mol. The van der Waals surface area contributed by atoms with Crippen molar-refractivity contribution in [3.8, 4) is 0 Å². The van der Waals surface area contributed by atoms with Crippen LogP contribution in [0.3, 0.4) is 0 Å². The number of fused-ring (bicyclic) bond motifs is 1. The number of rotatable bonds is 6. The summed E-state index contributed by atoms with van der Waals surface area (Å²) >= 11 is 3.13. The van der Waals surface area contributed by atoms with Crippen molar-refractivity contribution in [2.45, 2.75) is 18.9 Å². The van der Waals surface area contributed by atoms with E-state index in [1.54, 1.807) is 28.6 Å². The highest BCUT2D eigenvalue weighted by Crippen LogP contribution is 2.34. The molecule has 0 unspecified atom stereocenters. The average Bonchev–Trinajstić information content (AvgIpc) is 2.93. The van der Waals surface area contributed by atoms with Crippen LogP contribution in [0.15, 0.2) is 54.3 Å². The number of hydrogen-bond acceptors (Lipinski definition) is 5. The highest BCUT2D eigenvalue weighted by Gasteiger charge is 2.17. The second-order valence-corrected chi connectivity index (χ2v) is 7.73. The summed E-state index contributed by atoms with van der Waals surface area (Å²) in [5.41, 5.74) is 2.07. The molecule has 128 valence electrons. The maximum absolute atomic E-state index is 12.7. The molecule has 0 saturated heterocycles. The Morgan fingerprint density at radius 1 is 1.28 bits per heavy atom. The summed E-state index contributed by atoms with van der Waals surface area (Å²) in [4.78, 5) is 25.5. The third-order valence-electron chi connectivity index (χ3n) is 3.94. The number of thiophene rings is 1. The zero-order valence-corrected chi connectivity index (χ0v) is 15.9. The van der Waals surface area contributed by atoms with Crippen LogP contribution in [0.2, 0.25) is 0 Å². The summed E-state index contributed by atoms with van der Waals surface area (Å²) in [5, 5.41) is 1.93. The number of anilines is 1. The number of hydrogen-bond donors (Lipinski definition) is 0. The molecule has 3 rings (SSSR count). The number of para-hydroxylation sites is 1. The number of aromatic nitrogens is 2. The van der Waals surface area contributed by atoms with Crippen LogP contribution in [0.4, 0.5) is 5.69 Å². The Hall–Kier alpha value is -2.18. The topological polar surface area (TPSA) is 46.1 Å². The first-order valence-electron chi connectivity index (χ1n) is 7.91. The molecular weight excluding hydrogens is 350 g/mol. The Balaban J connectivity index is 1.81. The van der Waals surface area contributed by atoms with Crippen molar-refractivity contribution >= 4 is 44.9 Å². The molecule has 0 atom stereocenters. The molecule has 0 aliphatic heterocycles. The molecule has 0 saturated carbocycles. The van der Waals surface area contributed by atoms with Crippen molar-refractivity contribution in [2.24, 2.45) is 0 Å². The lowest BCUT2D eigenvalue weighted by molar-refractivity contribution is -0.116. The highest BCUT2D eigenvalue weighted by atomic mass is 32.2. The first-order valence-corrected chi connectivity index (χ1v) is 9.72. The quantitative estimate of drug-likeness (QED) is 0.361. The van der Waals surface area contributed by atoms with Gasteiger partial charge in [-0.2, -0.15) is 0 Å². The SMILES string of the molecule is C=CCN(C(=O)CSc1ncnc2sc(C)c(C)c12)c1ccccc1. The lowest BCUT2D eigenvalue weighted by Crippen LogP contribution is -2.32. The van der Waals surface area contributed by atoms with E-state index in [2.05, 4.69) is 30.4 Å². The van der Waals surface area contributed by atoms with E-state index in [0.29, 0.717) is 12.3 Å².